The van der Waals surface area contributed by atoms with Crippen LogP contribution in [0.2, 0.25) is 0 Å². The summed E-state index contributed by atoms with van der Waals surface area (Å²) in [7, 11) is 3.30. The summed E-state index contributed by atoms with van der Waals surface area (Å²) in [6, 6.07) is 18.7. The molecule has 2 heterocycles. The van der Waals surface area contributed by atoms with Gasteiger partial charge in [-0.3, -0.25) is 9.69 Å². The summed E-state index contributed by atoms with van der Waals surface area (Å²) in [6.45, 7) is 4.11. The second-order valence-electron chi connectivity index (χ2n) is 11.0. The highest BCUT2D eigenvalue weighted by atomic mass is 16.7. The Morgan fingerprint density at radius 1 is 0.956 bits per heavy atom. The van der Waals surface area contributed by atoms with Crippen LogP contribution in [0.25, 0.3) is 0 Å². The number of rotatable bonds is 11. The predicted octanol–water partition coefficient (Wildman–Crippen LogP) is 4.48. The standard InChI is InChI=1S/C34H41N3O8/c1-4-43-32(39)18-35-34(40)36-27-11-9-24(10-12-27)33-44-28(17-29(45-33)23-7-5-22(21-38)6-8-23)20-37-14-13-25-15-30(41-2)31(42-3)16-26(25)19-37/h5-12,15-16,28-29,33,38H,4,13-14,17-21H2,1-3H3,(H2,35,36,40)/t28-,29+,33+/m1/s1. The second kappa shape index (κ2) is 15.2. The van der Waals surface area contributed by atoms with Crippen molar-refractivity contribution in [2.24, 2.45) is 0 Å². The minimum absolute atomic E-state index is 0.0194. The van der Waals surface area contributed by atoms with Gasteiger partial charge in [-0.15, -0.1) is 0 Å². The summed E-state index contributed by atoms with van der Waals surface area (Å²) in [5, 5.41) is 14.7. The molecule has 2 aliphatic heterocycles. The highest BCUT2D eigenvalue weighted by Crippen LogP contribution is 2.39. The number of ether oxygens (including phenoxy) is 5. The maximum absolute atomic E-state index is 12.2. The van der Waals surface area contributed by atoms with Crippen LogP contribution in [0.3, 0.4) is 0 Å². The first-order chi connectivity index (χ1) is 21.9. The molecule has 11 nitrogen and oxygen atoms in total. The first kappa shape index (κ1) is 32.2. The number of aliphatic hydroxyl groups excluding tert-OH is 1. The average molecular weight is 620 g/mol. The van der Waals surface area contributed by atoms with Crippen molar-refractivity contribution < 1.29 is 38.4 Å². The van der Waals surface area contributed by atoms with Gasteiger partial charge >= 0.3 is 12.0 Å². The summed E-state index contributed by atoms with van der Waals surface area (Å²) < 4.78 is 28.9. The van der Waals surface area contributed by atoms with Crippen LogP contribution in [0.1, 0.15) is 53.6 Å². The van der Waals surface area contributed by atoms with Gasteiger partial charge < -0.3 is 39.4 Å². The van der Waals surface area contributed by atoms with E-state index in [2.05, 4.69) is 27.7 Å². The number of anilines is 1. The molecule has 2 amide bonds. The Kier molecular flexibility index (Phi) is 10.9. The number of benzene rings is 3. The zero-order valence-electron chi connectivity index (χ0n) is 25.9. The van der Waals surface area contributed by atoms with Crippen molar-refractivity contribution >= 4 is 17.7 Å². The van der Waals surface area contributed by atoms with Gasteiger partial charge in [0.25, 0.3) is 0 Å². The van der Waals surface area contributed by atoms with E-state index >= 15 is 0 Å². The Morgan fingerprint density at radius 2 is 1.64 bits per heavy atom. The van der Waals surface area contributed by atoms with Crippen LogP contribution in [-0.4, -0.2) is 68.6 Å². The van der Waals surface area contributed by atoms with E-state index in [1.54, 1.807) is 33.3 Å². The van der Waals surface area contributed by atoms with Gasteiger partial charge in [-0.05, 0) is 59.9 Å². The van der Waals surface area contributed by atoms with E-state index in [0.29, 0.717) is 12.1 Å². The number of urea groups is 1. The van der Waals surface area contributed by atoms with Crippen molar-refractivity contribution in [1.82, 2.24) is 10.2 Å². The Labute approximate surface area is 263 Å². The number of nitrogens with one attached hydrogen (secondary N) is 2. The monoisotopic (exact) mass is 619 g/mol. The predicted molar refractivity (Wildman–Crippen MR) is 167 cm³/mol. The molecule has 0 spiro atoms. The van der Waals surface area contributed by atoms with Crippen molar-refractivity contribution in [3.63, 3.8) is 0 Å². The second-order valence-corrected chi connectivity index (χ2v) is 11.0. The van der Waals surface area contributed by atoms with E-state index in [4.69, 9.17) is 23.7 Å². The van der Waals surface area contributed by atoms with Gasteiger partial charge in [-0.25, -0.2) is 4.79 Å². The maximum Gasteiger partial charge on any atom is 0.325 e. The lowest BCUT2D eigenvalue weighted by Gasteiger charge is -2.39. The molecule has 5 rings (SSSR count). The normalized spacial score (nSPS) is 19.7. The van der Waals surface area contributed by atoms with Crippen molar-refractivity contribution in [1.29, 1.82) is 0 Å². The molecule has 0 aromatic heterocycles. The third-order valence-electron chi connectivity index (χ3n) is 8.01. The molecule has 0 unspecified atom stereocenters. The maximum atomic E-state index is 12.2. The molecule has 1 saturated heterocycles. The van der Waals surface area contributed by atoms with Gasteiger partial charge in [0.05, 0.1) is 39.6 Å². The fourth-order valence-electron chi connectivity index (χ4n) is 5.68. The number of hydrogen-bond donors (Lipinski definition) is 3. The van der Waals surface area contributed by atoms with Gasteiger partial charge in [0, 0.05) is 37.3 Å². The van der Waals surface area contributed by atoms with Gasteiger partial charge in [-0.1, -0.05) is 36.4 Å². The van der Waals surface area contributed by atoms with E-state index in [9.17, 15) is 14.7 Å². The lowest BCUT2D eigenvalue weighted by molar-refractivity contribution is -0.253. The van der Waals surface area contributed by atoms with Crippen LogP contribution in [0.4, 0.5) is 10.5 Å². The molecule has 0 radical (unpaired) electrons. The molecule has 11 heteroatoms. The number of amides is 2. The van der Waals surface area contributed by atoms with E-state index in [-0.39, 0.29) is 32.0 Å². The van der Waals surface area contributed by atoms with E-state index in [1.165, 1.54) is 11.1 Å². The number of carbonyl (C=O) groups excluding carboxylic acids is 2. The molecular formula is C34H41N3O8. The minimum atomic E-state index is -0.626. The number of fused-ring (bicyclic) bond motifs is 1. The van der Waals surface area contributed by atoms with Crippen LogP contribution in [0.5, 0.6) is 11.5 Å². The number of nitrogens with zero attached hydrogens (tertiary/aromatic N) is 1. The zero-order chi connectivity index (χ0) is 31.8. The van der Waals surface area contributed by atoms with Crippen LogP contribution in [0, 0.1) is 0 Å². The average Bonchev–Trinajstić information content (AvgIpc) is 3.07. The molecule has 0 bridgehead atoms. The van der Waals surface area contributed by atoms with Crippen molar-refractivity contribution in [3.05, 3.63) is 88.5 Å². The molecule has 0 saturated carbocycles. The Morgan fingerprint density at radius 3 is 2.31 bits per heavy atom. The smallest absolute Gasteiger partial charge is 0.325 e. The Hall–Kier alpha value is -4.16. The highest BCUT2D eigenvalue weighted by Gasteiger charge is 2.34. The van der Waals surface area contributed by atoms with Gasteiger partial charge in [0.1, 0.15) is 6.54 Å². The van der Waals surface area contributed by atoms with E-state index in [1.807, 2.05) is 36.4 Å². The van der Waals surface area contributed by atoms with E-state index in [0.717, 1.165) is 54.2 Å². The molecule has 1 fully saturated rings. The minimum Gasteiger partial charge on any atom is -0.493 e. The number of methoxy groups -OCH3 is 2. The molecule has 240 valence electrons. The van der Waals surface area contributed by atoms with Crippen molar-refractivity contribution in [2.75, 3.05) is 45.8 Å². The summed E-state index contributed by atoms with van der Waals surface area (Å²) in [5.41, 5.74) is 5.71. The largest absolute Gasteiger partial charge is 0.493 e. The summed E-state index contributed by atoms with van der Waals surface area (Å²) in [4.78, 5) is 26.1. The first-order valence-corrected chi connectivity index (χ1v) is 15.2. The molecule has 3 atom stereocenters. The lowest BCUT2D eigenvalue weighted by atomic mass is 9.97. The van der Waals surface area contributed by atoms with Crippen LogP contribution >= 0.6 is 0 Å². The number of esters is 1. The van der Waals surface area contributed by atoms with E-state index < -0.39 is 18.3 Å². The number of carbonyl (C=O) groups is 2. The summed E-state index contributed by atoms with van der Waals surface area (Å²) in [6.07, 6.45) is 0.619. The quantitative estimate of drug-likeness (QED) is 0.266. The van der Waals surface area contributed by atoms with Gasteiger partial charge in [0.15, 0.2) is 17.8 Å². The van der Waals surface area contributed by atoms with Gasteiger partial charge in [0.2, 0.25) is 0 Å². The molecule has 3 aromatic carbocycles. The Bertz CT molecular complexity index is 1450. The molecule has 0 aliphatic carbocycles. The fourth-order valence-corrected chi connectivity index (χ4v) is 5.68. The Balaban J connectivity index is 1.28. The highest BCUT2D eigenvalue weighted by molar-refractivity contribution is 5.91. The summed E-state index contributed by atoms with van der Waals surface area (Å²) in [5.74, 6) is 0.966. The molecule has 3 N–H and O–H groups in total. The number of aliphatic hydroxyl groups is 1. The van der Waals surface area contributed by atoms with Crippen LogP contribution in [0.15, 0.2) is 60.7 Å². The molecular weight excluding hydrogens is 578 g/mol. The SMILES string of the molecule is CCOC(=O)CNC(=O)Nc1ccc([C@H]2O[C@@H](CN3CCc4cc(OC)c(OC)cc4C3)C[C@@H](c3ccc(CO)cc3)O2)cc1. The first-order valence-electron chi connectivity index (χ1n) is 15.2. The van der Waals surface area contributed by atoms with Crippen molar-refractivity contribution in [2.45, 2.75) is 51.4 Å². The third kappa shape index (κ3) is 8.31. The topological polar surface area (TPSA) is 128 Å². The summed E-state index contributed by atoms with van der Waals surface area (Å²) >= 11 is 0. The fraction of sp³-hybridized carbons (Fsp3) is 0.412. The lowest BCUT2D eigenvalue weighted by Crippen LogP contribution is -2.41. The number of hydrogen-bond acceptors (Lipinski definition) is 9. The molecule has 45 heavy (non-hydrogen) atoms. The van der Waals surface area contributed by atoms with Crippen LogP contribution < -0.4 is 20.1 Å². The van der Waals surface area contributed by atoms with Crippen LogP contribution in [-0.2, 0) is 38.6 Å². The van der Waals surface area contributed by atoms with Gasteiger partial charge in [-0.2, -0.15) is 0 Å². The third-order valence-corrected chi connectivity index (χ3v) is 8.01. The molecule has 2 aliphatic rings. The van der Waals surface area contributed by atoms with Crippen molar-refractivity contribution in [3.8, 4) is 11.5 Å². The zero-order valence-corrected chi connectivity index (χ0v) is 25.9. The molecule has 3 aromatic rings.